The van der Waals surface area contributed by atoms with Gasteiger partial charge in [0.15, 0.2) is 0 Å². The van der Waals surface area contributed by atoms with Gasteiger partial charge in [-0.3, -0.25) is 4.79 Å². The molecule has 26 heavy (non-hydrogen) atoms. The number of rotatable bonds is 6. The Bertz CT molecular complexity index is 727. The highest BCUT2D eigenvalue weighted by Crippen LogP contribution is 2.29. The van der Waals surface area contributed by atoms with Crippen LogP contribution in [-0.4, -0.2) is 32.1 Å². The number of carbonyl (C=O) groups excluding carboxylic acids is 1. The molecule has 0 saturated carbocycles. The molecule has 0 spiro atoms. The summed E-state index contributed by atoms with van der Waals surface area (Å²) in [5.74, 6) is 1.02. The number of para-hydroxylation sites is 2. The Morgan fingerprint density at radius 3 is 2.73 bits per heavy atom. The molecule has 0 bridgehead atoms. The van der Waals surface area contributed by atoms with Gasteiger partial charge in [-0.1, -0.05) is 42.0 Å². The number of aryl methyl sites for hydroxylation is 2. The van der Waals surface area contributed by atoms with Crippen molar-refractivity contribution < 1.29 is 9.53 Å². The monoisotopic (exact) mass is 352 g/mol. The third-order valence-corrected chi connectivity index (χ3v) is 4.97. The van der Waals surface area contributed by atoms with Crippen molar-refractivity contribution in [1.29, 1.82) is 0 Å². The maximum absolute atomic E-state index is 12.4. The van der Waals surface area contributed by atoms with Gasteiger partial charge in [0.25, 0.3) is 0 Å². The molecule has 0 aliphatic carbocycles. The minimum atomic E-state index is 0.137. The van der Waals surface area contributed by atoms with Crippen LogP contribution in [0, 0.1) is 6.92 Å². The molecule has 1 aliphatic heterocycles. The van der Waals surface area contributed by atoms with Gasteiger partial charge in [-0.05, 0) is 43.9 Å². The molecule has 0 aromatic heterocycles. The van der Waals surface area contributed by atoms with E-state index in [1.54, 1.807) is 7.11 Å². The molecule has 1 aliphatic rings. The molecule has 1 saturated heterocycles. The van der Waals surface area contributed by atoms with Gasteiger partial charge >= 0.3 is 0 Å². The number of nitrogens with one attached hydrogen (secondary N) is 1. The number of benzene rings is 2. The standard InChI is InChI=1S/C22H28N2O2/c1-17-9-11-18(12-10-17)13-14-22(25)23-19-6-5-15-24(16-19)20-7-3-4-8-21(20)26-2/h3-4,7-12,19H,5-6,13-16H2,1-2H3,(H,23,25). The third-order valence-electron chi connectivity index (χ3n) is 4.97. The van der Waals surface area contributed by atoms with Crippen molar-refractivity contribution in [2.24, 2.45) is 0 Å². The van der Waals surface area contributed by atoms with Crippen molar-refractivity contribution in [3.63, 3.8) is 0 Å². The van der Waals surface area contributed by atoms with Gasteiger partial charge in [0.1, 0.15) is 5.75 Å². The van der Waals surface area contributed by atoms with Gasteiger partial charge in [-0.25, -0.2) is 0 Å². The summed E-state index contributed by atoms with van der Waals surface area (Å²) >= 11 is 0. The highest BCUT2D eigenvalue weighted by Gasteiger charge is 2.23. The average molecular weight is 352 g/mol. The van der Waals surface area contributed by atoms with Crippen LogP contribution < -0.4 is 15.0 Å². The van der Waals surface area contributed by atoms with Crippen molar-refractivity contribution in [3.8, 4) is 5.75 Å². The van der Waals surface area contributed by atoms with Crippen LogP contribution in [0.3, 0.4) is 0 Å². The van der Waals surface area contributed by atoms with E-state index in [-0.39, 0.29) is 11.9 Å². The predicted octanol–water partition coefficient (Wildman–Crippen LogP) is 3.72. The summed E-state index contributed by atoms with van der Waals surface area (Å²) in [7, 11) is 1.70. The lowest BCUT2D eigenvalue weighted by Crippen LogP contribution is -2.48. The van der Waals surface area contributed by atoms with Crippen LogP contribution >= 0.6 is 0 Å². The smallest absolute Gasteiger partial charge is 0.220 e. The molecule has 1 heterocycles. The van der Waals surface area contributed by atoms with E-state index in [1.165, 1.54) is 11.1 Å². The largest absolute Gasteiger partial charge is 0.495 e. The maximum Gasteiger partial charge on any atom is 0.220 e. The number of carbonyl (C=O) groups is 1. The summed E-state index contributed by atoms with van der Waals surface area (Å²) < 4.78 is 5.48. The molecule has 1 fully saturated rings. The Balaban J connectivity index is 1.53. The normalized spacial score (nSPS) is 17.0. The van der Waals surface area contributed by atoms with E-state index >= 15 is 0 Å². The predicted molar refractivity (Wildman–Crippen MR) is 106 cm³/mol. The van der Waals surface area contributed by atoms with Gasteiger partial charge in [-0.2, -0.15) is 0 Å². The second-order valence-corrected chi connectivity index (χ2v) is 7.01. The van der Waals surface area contributed by atoms with E-state index in [9.17, 15) is 4.79 Å². The Hall–Kier alpha value is -2.49. The van der Waals surface area contributed by atoms with Gasteiger partial charge in [0.05, 0.1) is 12.8 Å². The molecule has 1 amide bonds. The van der Waals surface area contributed by atoms with E-state index in [1.807, 2.05) is 18.2 Å². The molecule has 1 atom stereocenters. The molecule has 4 heteroatoms. The second kappa shape index (κ2) is 8.75. The number of piperidine rings is 1. The maximum atomic E-state index is 12.4. The summed E-state index contributed by atoms with van der Waals surface area (Å²) in [5.41, 5.74) is 3.57. The fourth-order valence-corrected chi connectivity index (χ4v) is 3.52. The molecule has 1 N–H and O–H groups in total. The highest BCUT2D eigenvalue weighted by molar-refractivity contribution is 5.76. The zero-order chi connectivity index (χ0) is 18.4. The Morgan fingerprint density at radius 2 is 1.96 bits per heavy atom. The first-order chi connectivity index (χ1) is 12.7. The number of methoxy groups -OCH3 is 1. The molecule has 1 unspecified atom stereocenters. The van der Waals surface area contributed by atoms with Gasteiger partial charge in [0, 0.05) is 25.6 Å². The Morgan fingerprint density at radius 1 is 1.19 bits per heavy atom. The summed E-state index contributed by atoms with van der Waals surface area (Å²) in [4.78, 5) is 14.7. The van der Waals surface area contributed by atoms with Crippen LogP contribution in [0.5, 0.6) is 5.75 Å². The van der Waals surface area contributed by atoms with Crippen molar-refractivity contribution in [2.45, 2.75) is 38.6 Å². The highest BCUT2D eigenvalue weighted by atomic mass is 16.5. The Kier molecular flexibility index (Phi) is 6.16. The molecular formula is C22H28N2O2. The topological polar surface area (TPSA) is 41.6 Å². The minimum Gasteiger partial charge on any atom is -0.495 e. The lowest BCUT2D eigenvalue weighted by molar-refractivity contribution is -0.121. The third kappa shape index (κ3) is 4.78. The molecule has 2 aromatic rings. The second-order valence-electron chi connectivity index (χ2n) is 7.01. The fourth-order valence-electron chi connectivity index (χ4n) is 3.52. The zero-order valence-corrected chi connectivity index (χ0v) is 15.7. The number of amides is 1. The van der Waals surface area contributed by atoms with E-state index in [4.69, 9.17) is 4.74 Å². The first kappa shape index (κ1) is 18.3. The van der Waals surface area contributed by atoms with Gasteiger partial charge < -0.3 is 15.0 Å². The van der Waals surface area contributed by atoms with Gasteiger partial charge in [-0.15, -0.1) is 0 Å². The van der Waals surface area contributed by atoms with E-state index in [0.717, 1.165) is 43.8 Å². The van der Waals surface area contributed by atoms with Crippen molar-refractivity contribution >= 4 is 11.6 Å². The van der Waals surface area contributed by atoms with Crippen LogP contribution in [0.15, 0.2) is 48.5 Å². The minimum absolute atomic E-state index is 0.137. The van der Waals surface area contributed by atoms with Crippen LogP contribution in [0.1, 0.15) is 30.4 Å². The van der Waals surface area contributed by atoms with E-state index in [2.05, 4.69) is 47.5 Å². The molecular weight excluding hydrogens is 324 g/mol. The van der Waals surface area contributed by atoms with Crippen molar-refractivity contribution in [3.05, 3.63) is 59.7 Å². The van der Waals surface area contributed by atoms with Crippen molar-refractivity contribution in [1.82, 2.24) is 5.32 Å². The number of anilines is 1. The number of hydrogen-bond donors (Lipinski definition) is 1. The molecule has 138 valence electrons. The first-order valence-electron chi connectivity index (χ1n) is 9.38. The SMILES string of the molecule is COc1ccccc1N1CCCC(NC(=O)CCc2ccc(C)cc2)C1. The fraction of sp³-hybridized carbons (Fsp3) is 0.409. The van der Waals surface area contributed by atoms with E-state index in [0.29, 0.717) is 6.42 Å². The van der Waals surface area contributed by atoms with Crippen LogP contribution in [0.4, 0.5) is 5.69 Å². The summed E-state index contributed by atoms with van der Waals surface area (Å²) in [5, 5.41) is 3.22. The van der Waals surface area contributed by atoms with Crippen LogP contribution in [0.25, 0.3) is 0 Å². The van der Waals surface area contributed by atoms with Crippen molar-refractivity contribution in [2.75, 3.05) is 25.1 Å². The molecule has 0 radical (unpaired) electrons. The summed E-state index contributed by atoms with van der Waals surface area (Å²) in [6, 6.07) is 16.7. The molecule has 4 nitrogen and oxygen atoms in total. The molecule has 3 rings (SSSR count). The quantitative estimate of drug-likeness (QED) is 0.861. The lowest BCUT2D eigenvalue weighted by Gasteiger charge is -2.35. The summed E-state index contributed by atoms with van der Waals surface area (Å²) in [6.45, 7) is 3.90. The average Bonchev–Trinajstić information content (AvgIpc) is 2.68. The Labute approximate surface area is 156 Å². The lowest BCUT2D eigenvalue weighted by atomic mass is 10.0. The van der Waals surface area contributed by atoms with Crippen LogP contribution in [0.2, 0.25) is 0 Å². The number of ether oxygens (including phenoxy) is 1. The zero-order valence-electron chi connectivity index (χ0n) is 15.7. The number of hydrogen-bond acceptors (Lipinski definition) is 3. The molecule has 2 aromatic carbocycles. The summed E-state index contributed by atoms with van der Waals surface area (Å²) in [6.07, 6.45) is 3.42. The van der Waals surface area contributed by atoms with Gasteiger partial charge in [0.2, 0.25) is 5.91 Å². The number of nitrogens with zero attached hydrogens (tertiary/aromatic N) is 1. The van der Waals surface area contributed by atoms with Crippen LogP contribution in [-0.2, 0) is 11.2 Å². The van der Waals surface area contributed by atoms with E-state index < -0.39 is 0 Å². The first-order valence-corrected chi connectivity index (χ1v) is 9.38.